The fourth-order valence-electron chi connectivity index (χ4n) is 1.59. The van der Waals surface area contributed by atoms with Crippen molar-refractivity contribution in [1.82, 2.24) is 5.06 Å². The maximum atomic E-state index is 11.6. The first-order valence-corrected chi connectivity index (χ1v) is 5.49. The zero-order valence-corrected chi connectivity index (χ0v) is 8.35. The number of carbonyl (C=O) groups is 2. The summed E-state index contributed by atoms with van der Waals surface area (Å²) in [5.74, 6) is -1.85. The van der Waals surface area contributed by atoms with Crippen molar-refractivity contribution in [1.29, 1.82) is 0 Å². The number of fused-ring (bicyclic) bond motifs is 1. The molecule has 0 aromatic heterocycles. The summed E-state index contributed by atoms with van der Waals surface area (Å²) in [5.41, 5.74) is -0.0222. The lowest BCUT2D eigenvalue weighted by Gasteiger charge is -2.11. The minimum atomic E-state index is -4.42. The molecule has 0 unspecified atom stereocenters. The molecule has 3 rings (SSSR count). The Morgan fingerprint density at radius 1 is 1.12 bits per heavy atom. The van der Waals surface area contributed by atoms with Gasteiger partial charge in [-0.25, -0.2) is 0 Å². The zero-order valence-electron chi connectivity index (χ0n) is 7.54. The number of hydroxylamine groups is 2. The molecule has 0 aliphatic carbocycles. The molecule has 2 aliphatic rings. The minimum absolute atomic E-state index is 0.0670. The summed E-state index contributed by atoms with van der Waals surface area (Å²) in [5, 5.41) is 0.177. The summed E-state index contributed by atoms with van der Waals surface area (Å²) in [6, 6.07) is 4.09. The highest BCUT2D eigenvalue weighted by Crippen LogP contribution is 2.35. The van der Waals surface area contributed by atoms with Crippen molar-refractivity contribution in [3.63, 3.8) is 0 Å². The quantitative estimate of drug-likeness (QED) is 0.587. The molecule has 0 atom stereocenters. The van der Waals surface area contributed by atoms with Crippen LogP contribution in [0, 0.1) is 0 Å². The van der Waals surface area contributed by atoms with Crippen LogP contribution in [0.1, 0.15) is 20.7 Å². The van der Waals surface area contributed by atoms with E-state index in [1.807, 2.05) is 0 Å². The molecule has 1 aromatic carbocycles. The summed E-state index contributed by atoms with van der Waals surface area (Å²) < 4.78 is 31.1. The lowest BCUT2D eigenvalue weighted by Crippen LogP contribution is -2.32. The van der Waals surface area contributed by atoms with Crippen LogP contribution in [0.2, 0.25) is 0 Å². The van der Waals surface area contributed by atoms with Crippen LogP contribution in [0.3, 0.4) is 0 Å². The molecule has 82 valence electrons. The molecule has 7 nitrogen and oxygen atoms in total. The Labute approximate surface area is 89.5 Å². The topological polar surface area (TPSA) is 90.0 Å². The Bertz CT molecular complexity index is 634. The molecule has 0 saturated carbocycles. The van der Waals surface area contributed by atoms with Gasteiger partial charge >= 0.3 is 10.4 Å². The van der Waals surface area contributed by atoms with Crippen LogP contribution < -0.4 is 4.18 Å². The second kappa shape index (κ2) is 2.60. The van der Waals surface area contributed by atoms with Gasteiger partial charge in [0.05, 0.1) is 11.1 Å². The Morgan fingerprint density at radius 2 is 1.88 bits per heavy atom. The number of imide groups is 1. The van der Waals surface area contributed by atoms with Crippen molar-refractivity contribution < 1.29 is 26.5 Å². The summed E-state index contributed by atoms with van der Waals surface area (Å²) in [7, 11) is -4.42. The van der Waals surface area contributed by atoms with Crippen LogP contribution >= 0.6 is 0 Å². The normalized spacial score (nSPS) is 20.6. The monoisotopic (exact) mass is 241 g/mol. The number of nitrogens with zero attached hydrogens (tertiary/aromatic N) is 1. The number of benzene rings is 1. The lowest BCUT2D eigenvalue weighted by atomic mass is 10.1. The second-order valence-electron chi connectivity index (χ2n) is 3.15. The van der Waals surface area contributed by atoms with Crippen molar-refractivity contribution in [2.75, 3.05) is 0 Å². The smallest absolute Gasteiger partial charge is 0.359 e. The third-order valence-corrected chi connectivity index (χ3v) is 2.91. The third kappa shape index (κ3) is 1.02. The maximum absolute atomic E-state index is 11.6. The standard InChI is InChI=1S/C8H3NO6S/c10-7-4-2-1-3-5-6(4)8(11)9(7)15-16(12,13)14-5/h1-3H. The van der Waals surface area contributed by atoms with Gasteiger partial charge in [0.25, 0.3) is 11.8 Å². The van der Waals surface area contributed by atoms with E-state index in [4.69, 9.17) is 0 Å². The summed E-state index contributed by atoms with van der Waals surface area (Å²) >= 11 is 0. The van der Waals surface area contributed by atoms with Crippen molar-refractivity contribution in [2.45, 2.75) is 0 Å². The van der Waals surface area contributed by atoms with E-state index in [1.165, 1.54) is 18.2 Å². The van der Waals surface area contributed by atoms with Gasteiger partial charge in [-0.1, -0.05) is 6.07 Å². The number of amides is 2. The number of hydrogen-bond acceptors (Lipinski definition) is 6. The molecule has 0 N–H and O–H groups in total. The number of carbonyl (C=O) groups excluding carboxylic acids is 2. The van der Waals surface area contributed by atoms with Gasteiger partial charge < -0.3 is 4.18 Å². The molecular formula is C8H3NO6S. The summed E-state index contributed by atoms with van der Waals surface area (Å²) in [4.78, 5) is 23.2. The predicted molar refractivity (Wildman–Crippen MR) is 47.6 cm³/mol. The molecule has 0 saturated heterocycles. The molecule has 8 heteroatoms. The minimum Gasteiger partial charge on any atom is -0.359 e. The number of hydrogen-bond donors (Lipinski definition) is 0. The predicted octanol–water partition coefficient (Wildman–Crippen LogP) is -0.149. The molecule has 2 aliphatic heterocycles. The van der Waals surface area contributed by atoms with E-state index in [2.05, 4.69) is 8.47 Å². The maximum Gasteiger partial charge on any atom is 0.471 e. The van der Waals surface area contributed by atoms with E-state index < -0.39 is 22.2 Å². The molecule has 16 heavy (non-hydrogen) atoms. The fourth-order valence-corrected chi connectivity index (χ4v) is 2.29. The van der Waals surface area contributed by atoms with Crippen LogP contribution in [0.4, 0.5) is 0 Å². The largest absolute Gasteiger partial charge is 0.471 e. The Balaban J connectivity index is 2.40. The van der Waals surface area contributed by atoms with Gasteiger partial charge in [0.1, 0.15) is 0 Å². The van der Waals surface area contributed by atoms with E-state index in [0.717, 1.165) is 0 Å². The van der Waals surface area contributed by atoms with Crippen molar-refractivity contribution in [3.05, 3.63) is 29.3 Å². The van der Waals surface area contributed by atoms with Crippen molar-refractivity contribution in [2.24, 2.45) is 0 Å². The average molecular weight is 241 g/mol. The zero-order chi connectivity index (χ0) is 11.5. The fraction of sp³-hybridized carbons (Fsp3) is 0. The van der Waals surface area contributed by atoms with Crippen molar-refractivity contribution >= 4 is 22.2 Å². The highest BCUT2D eigenvalue weighted by molar-refractivity contribution is 7.82. The first-order valence-electron chi connectivity index (χ1n) is 4.15. The lowest BCUT2D eigenvalue weighted by molar-refractivity contribution is -0.0140. The molecule has 0 radical (unpaired) electrons. The van der Waals surface area contributed by atoms with Crippen LogP contribution in [-0.4, -0.2) is 25.3 Å². The van der Waals surface area contributed by atoms with E-state index in [-0.39, 0.29) is 21.9 Å². The van der Waals surface area contributed by atoms with Gasteiger partial charge in [-0.05, 0) is 12.1 Å². The Hall–Kier alpha value is -1.93. The van der Waals surface area contributed by atoms with E-state index >= 15 is 0 Å². The molecule has 0 spiro atoms. The Morgan fingerprint density at radius 3 is 2.62 bits per heavy atom. The molecule has 2 bridgehead atoms. The van der Waals surface area contributed by atoms with E-state index in [9.17, 15) is 18.0 Å². The molecule has 2 amide bonds. The SMILES string of the molecule is O=C1c2cccc3c2C(=O)N1OS(=O)(=O)O3. The molecular weight excluding hydrogens is 238 g/mol. The highest BCUT2D eigenvalue weighted by atomic mass is 32.3. The Kier molecular flexibility index (Phi) is 1.51. The molecule has 1 aromatic rings. The van der Waals surface area contributed by atoms with Crippen LogP contribution in [0.25, 0.3) is 0 Å². The van der Waals surface area contributed by atoms with Crippen LogP contribution in [0.15, 0.2) is 18.2 Å². The van der Waals surface area contributed by atoms with Gasteiger partial charge in [-0.3, -0.25) is 9.59 Å². The van der Waals surface area contributed by atoms with E-state index in [1.54, 1.807) is 0 Å². The summed E-state index contributed by atoms with van der Waals surface area (Å²) in [6.07, 6.45) is 0. The molecule has 0 fully saturated rings. The van der Waals surface area contributed by atoms with Gasteiger partial charge in [0, 0.05) is 0 Å². The number of rotatable bonds is 0. The van der Waals surface area contributed by atoms with E-state index in [0.29, 0.717) is 0 Å². The third-order valence-electron chi connectivity index (χ3n) is 2.20. The van der Waals surface area contributed by atoms with Gasteiger partial charge in [-0.2, -0.15) is 8.42 Å². The summed E-state index contributed by atoms with van der Waals surface area (Å²) in [6.45, 7) is 0. The van der Waals surface area contributed by atoms with Crippen molar-refractivity contribution in [3.8, 4) is 5.75 Å². The second-order valence-corrected chi connectivity index (χ2v) is 4.28. The average Bonchev–Trinajstić information content (AvgIpc) is 2.39. The highest BCUT2D eigenvalue weighted by Gasteiger charge is 2.46. The first-order chi connectivity index (χ1) is 7.49. The van der Waals surface area contributed by atoms with Crippen LogP contribution in [-0.2, 0) is 14.7 Å². The van der Waals surface area contributed by atoms with Crippen LogP contribution in [0.5, 0.6) is 5.75 Å². The van der Waals surface area contributed by atoms with Gasteiger partial charge in [0.15, 0.2) is 5.75 Å². The molecule has 2 heterocycles. The van der Waals surface area contributed by atoms with Gasteiger partial charge in [0.2, 0.25) is 0 Å². The van der Waals surface area contributed by atoms with Gasteiger partial charge in [-0.15, -0.1) is 9.35 Å². The first kappa shape index (κ1) is 9.31.